The molecule has 0 saturated heterocycles. The van der Waals surface area contributed by atoms with Crippen LogP contribution in [-0.2, 0) is 0 Å². The third kappa shape index (κ3) is 8.06. The van der Waals surface area contributed by atoms with E-state index in [-0.39, 0.29) is 30.4 Å². The van der Waals surface area contributed by atoms with Crippen LogP contribution in [0.5, 0.6) is 0 Å². The maximum absolute atomic E-state index is 15.4. The van der Waals surface area contributed by atoms with Gasteiger partial charge in [0.1, 0.15) is 95.5 Å². The Morgan fingerprint density at radius 3 is 0.781 bits per heavy atom. The average molecular weight is 949 g/mol. The molecule has 0 radical (unpaired) electrons. The Labute approximate surface area is 344 Å². The van der Waals surface area contributed by atoms with Crippen molar-refractivity contribution in [2.45, 2.75) is 0 Å². The van der Waals surface area contributed by atoms with Crippen LogP contribution in [0.1, 0.15) is 10.4 Å². The Kier molecular flexibility index (Phi) is 14.8. The lowest BCUT2D eigenvalue weighted by Crippen LogP contribution is -2.81. The van der Waals surface area contributed by atoms with E-state index in [1.54, 1.807) is 24.3 Å². The number of nitrogens with zero attached hydrogens (tertiary/aromatic N) is 3. The molecule has 0 spiro atoms. The molecule has 26 heteroatoms. The number of hydrogen-bond acceptors (Lipinski definition) is 4. The molecule has 0 saturated carbocycles. The molecule has 0 atom stereocenters. The third-order valence-corrected chi connectivity index (χ3v) is 12.9. The van der Waals surface area contributed by atoms with Crippen LogP contribution in [0.2, 0.25) is 0 Å². The van der Waals surface area contributed by atoms with Gasteiger partial charge < -0.3 is 0 Å². The first-order chi connectivity index (χ1) is 29.9. The number of rotatable bonds is 10. The monoisotopic (exact) mass is 949 g/mol. The van der Waals surface area contributed by atoms with Gasteiger partial charge in [-0.15, -0.1) is 21.9 Å². The largest absolute Gasteiger partial charge is 0.290 e. The zero-order chi connectivity index (χ0) is 48.5. The molecule has 5 rings (SSSR count). The number of ketones is 1. The van der Waals surface area contributed by atoms with E-state index in [0.717, 1.165) is 0 Å². The fourth-order valence-electron chi connectivity index (χ4n) is 6.68. The van der Waals surface area contributed by atoms with Crippen molar-refractivity contribution in [3.63, 3.8) is 0 Å². The highest BCUT2D eigenvalue weighted by molar-refractivity contribution is 7.77. The summed E-state index contributed by atoms with van der Waals surface area (Å²) in [5.74, 6) is -71.5. The number of Topliss-reactive ketones (excluding diaryl/α,β-unsaturated/α-hetero) is 1. The standard InChI is InChI=1S/C24BF20.C14H13N3OP/c26-5-1(6(27)14(35)21(42)13(5)34)25(2-7(28)15(36)22(43)16(37)8(2)29,3-9(30)17(38)23(44)18(39)10(3)31)4-11(32)19(40)24(45)20(41)12(4)33;15-6-9-19(10-7-16,11-8-17)12-14(18)13-4-2-1-3-5-13/h;1-5H,9-12H2/q-1;+1. The van der Waals surface area contributed by atoms with Crippen LogP contribution in [-0.4, -0.2) is 36.6 Å². The Morgan fingerprint density at radius 2 is 0.578 bits per heavy atom. The number of halogens is 20. The topological polar surface area (TPSA) is 88.4 Å². The highest BCUT2D eigenvalue weighted by Gasteiger charge is 2.52. The van der Waals surface area contributed by atoms with Gasteiger partial charge in [-0.2, -0.15) is 15.8 Å². The van der Waals surface area contributed by atoms with Crippen LogP contribution < -0.4 is 21.9 Å². The molecule has 334 valence electrons. The highest BCUT2D eigenvalue weighted by atomic mass is 31.2. The first-order valence-electron chi connectivity index (χ1n) is 16.6. The summed E-state index contributed by atoms with van der Waals surface area (Å²) >= 11 is 0. The summed E-state index contributed by atoms with van der Waals surface area (Å²) in [5, 5.41) is 26.7. The SMILES string of the molecule is Fc1c(F)c(F)c([B-](c2c(F)c(F)c(F)c(F)c2F)(c2c(F)c(F)c(F)c(F)c2F)c2c(F)c(F)c(F)c(F)c2F)c(F)c1F.N#CC[P+](CC#N)(CC#N)CC(=O)c1ccccc1. The Balaban J connectivity index is 0.000000395. The summed E-state index contributed by atoms with van der Waals surface area (Å²) < 4.78 is 294. The molecule has 64 heavy (non-hydrogen) atoms. The van der Waals surface area contributed by atoms with Gasteiger partial charge in [0.15, 0.2) is 75.6 Å². The second kappa shape index (κ2) is 19.0. The lowest BCUT2D eigenvalue weighted by molar-refractivity contribution is 0.102. The highest BCUT2D eigenvalue weighted by Crippen LogP contribution is 2.57. The van der Waals surface area contributed by atoms with E-state index in [1.165, 1.54) is 0 Å². The van der Waals surface area contributed by atoms with Crippen molar-refractivity contribution in [3.05, 3.63) is 152 Å². The van der Waals surface area contributed by atoms with E-state index in [9.17, 15) is 57.5 Å². The Morgan fingerprint density at radius 1 is 0.375 bits per heavy atom. The predicted octanol–water partition coefficient (Wildman–Crippen LogP) is 8.30. The number of hydrogen-bond donors (Lipinski definition) is 0. The maximum atomic E-state index is 15.4. The average Bonchev–Trinajstić information content (AvgIpc) is 3.27. The molecule has 4 nitrogen and oxygen atoms in total. The van der Waals surface area contributed by atoms with Crippen molar-refractivity contribution in [3.8, 4) is 18.2 Å². The molecule has 5 aromatic rings. The molecule has 0 unspecified atom stereocenters. The van der Waals surface area contributed by atoms with Gasteiger partial charge in [-0.1, -0.05) is 30.3 Å². The quantitative estimate of drug-likeness (QED) is 0.0352. The summed E-state index contributed by atoms with van der Waals surface area (Å²) in [4.78, 5) is 12.2. The van der Waals surface area contributed by atoms with Crippen molar-refractivity contribution in [1.82, 2.24) is 0 Å². The fraction of sp³-hybridized carbons (Fsp3) is 0.105. The smallest absolute Gasteiger partial charge is 0.200 e. The maximum Gasteiger partial charge on any atom is 0.200 e. The summed E-state index contributed by atoms with van der Waals surface area (Å²) in [6.07, 6.45) is -6.62. The zero-order valence-electron chi connectivity index (χ0n) is 30.5. The van der Waals surface area contributed by atoms with Crippen LogP contribution in [0, 0.1) is 150 Å². The number of nitriles is 3. The molecule has 0 amide bonds. The molecule has 0 fully saturated rings. The van der Waals surface area contributed by atoms with Gasteiger partial charge in [-0.25, -0.2) is 87.8 Å². The number of benzene rings is 5. The molecule has 0 N–H and O–H groups in total. The summed E-state index contributed by atoms with van der Waals surface area (Å²) in [5.41, 5.74) is -13.8. The van der Waals surface area contributed by atoms with E-state index in [1.807, 2.05) is 24.3 Å². The van der Waals surface area contributed by atoms with Gasteiger partial charge >= 0.3 is 0 Å². The minimum atomic E-state index is -7.22. The van der Waals surface area contributed by atoms with Gasteiger partial charge in [0.2, 0.25) is 0 Å². The van der Waals surface area contributed by atoms with Gasteiger partial charge in [0, 0.05) is 5.56 Å². The molecule has 5 aromatic carbocycles. The molecule has 0 aromatic heterocycles. The van der Waals surface area contributed by atoms with E-state index in [4.69, 9.17) is 15.8 Å². The van der Waals surface area contributed by atoms with Crippen LogP contribution in [0.4, 0.5) is 87.8 Å². The minimum Gasteiger partial charge on any atom is -0.290 e. The van der Waals surface area contributed by atoms with E-state index in [2.05, 4.69) is 0 Å². The molecule has 0 aliphatic heterocycles. The van der Waals surface area contributed by atoms with Crippen LogP contribution in [0.3, 0.4) is 0 Å². The number of carbonyl (C=O) groups is 1. The van der Waals surface area contributed by atoms with Crippen LogP contribution >= 0.6 is 7.26 Å². The lowest BCUT2D eigenvalue weighted by atomic mass is 9.12. The summed E-state index contributed by atoms with van der Waals surface area (Å²) in [6.45, 7) is 0. The van der Waals surface area contributed by atoms with E-state index >= 15 is 35.1 Å². The molecule has 0 aliphatic rings. The second-order valence-corrected chi connectivity index (χ2v) is 17.0. The fourth-order valence-corrected chi connectivity index (χ4v) is 9.04. The molecule has 0 aliphatic carbocycles. The van der Waals surface area contributed by atoms with Gasteiger partial charge in [0.05, 0.1) is 7.26 Å². The Bertz CT molecular complexity index is 2440. The van der Waals surface area contributed by atoms with Crippen LogP contribution in [0.15, 0.2) is 30.3 Å². The minimum absolute atomic E-state index is 0.0883. The Hall–Kier alpha value is -6.67. The molecule has 0 heterocycles. The molecular formula is C38H13BF20N3OP. The van der Waals surface area contributed by atoms with Gasteiger partial charge in [-0.3, -0.25) is 4.79 Å². The van der Waals surface area contributed by atoms with Crippen molar-refractivity contribution < 1.29 is 92.6 Å². The number of carbonyl (C=O) groups excluding carboxylic acids is 1. The molecule has 0 bridgehead atoms. The molecular weight excluding hydrogens is 936 g/mol. The summed E-state index contributed by atoms with van der Waals surface area (Å²) in [6, 6.07) is 14.9. The predicted molar refractivity (Wildman–Crippen MR) is 183 cm³/mol. The van der Waals surface area contributed by atoms with E-state index in [0.29, 0.717) is 5.56 Å². The first kappa shape index (κ1) is 50.0. The van der Waals surface area contributed by atoms with Gasteiger partial charge in [-0.05, 0) is 0 Å². The third-order valence-electron chi connectivity index (χ3n) is 9.50. The van der Waals surface area contributed by atoms with E-state index < -0.39 is 152 Å². The van der Waals surface area contributed by atoms with Crippen molar-refractivity contribution in [2.24, 2.45) is 0 Å². The van der Waals surface area contributed by atoms with Gasteiger partial charge in [0.25, 0.3) is 0 Å². The lowest BCUT2D eigenvalue weighted by Gasteiger charge is -2.44. The zero-order valence-corrected chi connectivity index (χ0v) is 31.4. The van der Waals surface area contributed by atoms with Crippen molar-refractivity contribution in [2.75, 3.05) is 24.6 Å². The summed E-state index contributed by atoms with van der Waals surface area (Å²) in [7, 11) is -2.15. The van der Waals surface area contributed by atoms with Crippen LogP contribution in [0.25, 0.3) is 0 Å². The van der Waals surface area contributed by atoms with Crippen molar-refractivity contribution in [1.29, 1.82) is 15.8 Å². The van der Waals surface area contributed by atoms with Crippen molar-refractivity contribution >= 4 is 41.0 Å². The second-order valence-electron chi connectivity index (χ2n) is 13.0. The first-order valence-corrected chi connectivity index (χ1v) is 19.2. The normalized spacial score (nSPS) is 11.4.